The van der Waals surface area contributed by atoms with Crippen LogP contribution in [0.4, 0.5) is 13.2 Å². The summed E-state index contributed by atoms with van der Waals surface area (Å²) in [5.74, 6) is 0. The average Bonchev–Trinajstić information content (AvgIpc) is 2.71. The van der Waals surface area contributed by atoms with E-state index in [4.69, 9.17) is 17.2 Å². The van der Waals surface area contributed by atoms with E-state index >= 15 is 0 Å². The van der Waals surface area contributed by atoms with Gasteiger partial charge in [-0.3, -0.25) is 4.20 Å². The van der Waals surface area contributed by atoms with Crippen molar-refractivity contribution in [2.75, 3.05) is 7.11 Å². The van der Waals surface area contributed by atoms with Gasteiger partial charge in [0, 0.05) is 0 Å². The van der Waals surface area contributed by atoms with E-state index in [1.165, 1.54) is 15.9 Å². The third-order valence-electron chi connectivity index (χ3n) is 3.92. The molecule has 3 aromatic carbocycles. The van der Waals surface area contributed by atoms with Gasteiger partial charge in [-0.05, 0) is 36.4 Å². The lowest BCUT2D eigenvalue weighted by atomic mass is 10.4. The highest BCUT2D eigenvalue weighted by Crippen LogP contribution is 2.43. The first-order valence-electron chi connectivity index (χ1n) is 8.26. The third kappa shape index (κ3) is 5.35. The summed E-state index contributed by atoms with van der Waals surface area (Å²) in [5, 5.41) is 3.72. The van der Waals surface area contributed by atoms with Crippen LogP contribution < -0.4 is 15.9 Å². The van der Waals surface area contributed by atoms with Gasteiger partial charge in [0.25, 0.3) is 0 Å². The summed E-state index contributed by atoms with van der Waals surface area (Å²) in [6.45, 7) is 0. The van der Waals surface area contributed by atoms with E-state index in [2.05, 4.69) is 72.8 Å². The normalized spacial score (nSPS) is 11.9. The van der Waals surface area contributed by atoms with E-state index in [-0.39, 0.29) is 0 Å². The summed E-state index contributed by atoms with van der Waals surface area (Å²) in [6.07, 6.45) is 0. The molecule has 0 amide bonds. The number of rotatable bonds is 3. The fourth-order valence-corrected chi connectivity index (χ4v) is 5.98. The molecule has 0 aliphatic rings. The number of benzene rings is 3. The van der Waals surface area contributed by atoms with E-state index in [9.17, 15) is 13.2 Å². The summed E-state index contributed by atoms with van der Waals surface area (Å²) in [6, 6.07) is 31.6. The van der Waals surface area contributed by atoms with Gasteiger partial charge in [0.15, 0.2) is 10.1 Å². The Hall–Kier alpha value is -2.41. The van der Waals surface area contributed by atoms with E-state index in [1.807, 2.05) is 25.3 Å². The molecule has 0 aliphatic carbocycles. The molecule has 0 bridgehead atoms. The van der Waals surface area contributed by atoms with Crippen molar-refractivity contribution >= 4 is 33.2 Å². The smallest absolute Gasteiger partial charge is 0.485 e. The SMILES string of the molecule is C[O+]=P(c1ccccc1)(c1ccccc1)c1ccccc1.O=S(=O)([O-])C(F)(F)F. The lowest BCUT2D eigenvalue weighted by molar-refractivity contribution is -0.0517. The third-order valence-corrected chi connectivity index (χ3v) is 8.11. The van der Waals surface area contributed by atoms with Crippen molar-refractivity contribution in [3.05, 3.63) is 91.0 Å². The monoisotopic (exact) mass is 442 g/mol. The minimum atomic E-state index is -6.09. The molecule has 0 aromatic heterocycles. The Morgan fingerprint density at radius 3 is 1.14 bits per heavy atom. The Balaban J connectivity index is 0.000000321. The minimum Gasteiger partial charge on any atom is -0.741 e. The van der Waals surface area contributed by atoms with Gasteiger partial charge >= 0.3 is 12.7 Å². The van der Waals surface area contributed by atoms with Crippen LogP contribution in [-0.4, -0.2) is 25.6 Å². The van der Waals surface area contributed by atoms with E-state index in [0.29, 0.717) is 0 Å². The molecule has 4 nitrogen and oxygen atoms in total. The van der Waals surface area contributed by atoms with Gasteiger partial charge in [0.05, 0.1) is 15.9 Å². The second-order valence-electron chi connectivity index (χ2n) is 5.70. The zero-order valence-electron chi connectivity index (χ0n) is 15.3. The van der Waals surface area contributed by atoms with Crippen molar-refractivity contribution < 1.29 is 30.3 Å². The maximum atomic E-state index is 10.7. The van der Waals surface area contributed by atoms with Gasteiger partial charge in [-0.25, -0.2) is 8.42 Å². The molecular formula is C20H18F3O4PS. The van der Waals surface area contributed by atoms with Gasteiger partial charge < -0.3 is 4.55 Å². The quantitative estimate of drug-likeness (QED) is 0.270. The summed E-state index contributed by atoms with van der Waals surface area (Å²) < 4.78 is 65.1. The lowest BCUT2D eigenvalue weighted by Crippen LogP contribution is -2.26. The summed E-state index contributed by atoms with van der Waals surface area (Å²) in [4.78, 5) is 0. The van der Waals surface area contributed by atoms with Crippen molar-refractivity contribution in [1.82, 2.24) is 0 Å². The highest BCUT2D eigenvalue weighted by molar-refractivity contribution is 7.86. The molecule has 0 saturated carbocycles. The highest BCUT2D eigenvalue weighted by Gasteiger charge is 2.38. The first-order valence-corrected chi connectivity index (χ1v) is 11.4. The molecule has 0 heterocycles. The zero-order valence-corrected chi connectivity index (χ0v) is 17.0. The van der Waals surface area contributed by atoms with Crippen molar-refractivity contribution in [3.8, 4) is 0 Å². The second kappa shape index (κ2) is 9.39. The summed E-state index contributed by atoms with van der Waals surface area (Å²) >= 11 is 0. The van der Waals surface area contributed by atoms with Crippen LogP contribution in [0.3, 0.4) is 0 Å². The van der Waals surface area contributed by atoms with Crippen LogP contribution >= 0.6 is 7.14 Å². The van der Waals surface area contributed by atoms with Gasteiger partial charge in [-0.15, -0.1) is 0 Å². The first-order chi connectivity index (χ1) is 13.6. The molecule has 29 heavy (non-hydrogen) atoms. The number of halogens is 3. The Labute approximate surface area is 167 Å². The molecule has 0 unspecified atom stereocenters. The molecule has 0 atom stereocenters. The highest BCUT2D eigenvalue weighted by atomic mass is 32.2. The summed E-state index contributed by atoms with van der Waals surface area (Å²) in [5.41, 5.74) is -5.65. The van der Waals surface area contributed by atoms with Crippen LogP contribution in [0.1, 0.15) is 0 Å². The molecule has 0 aliphatic heterocycles. The predicted octanol–water partition coefficient (Wildman–Crippen LogP) is 3.54. The maximum absolute atomic E-state index is 10.7. The van der Waals surface area contributed by atoms with E-state index in [0.717, 1.165) is 0 Å². The minimum absolute atomic E-state index is 1.24. The van der Waals surface area contributed by atoms with Crippen molar-refractivity contribution in [1.29, 1.82) is 0 Å². The number of hydrogen-bond donors (Lipinski definition) is 0. The van der Waals surface area contributed by atoms with Crippen LogP contribution in [0, 0.1) is 0 Å². The molecule has 0 radical (unpaired) electrons. The van der Waals surface area contributed by atoms with Gasteiger partial charge in [-0.1, -0.05) is 54.6 Å². The molecule has 0 fully saturated rings. The molecule has 3 rings (SSSR count). The second-order valence-corrected chi connectivity index (χ2v) is 10.2. The number of hydrogen-bond acceptors (Lipinski definition) is 3. The Morgan fingerprint density at radius 1 is 0.724 bits per heavy atom. The topological polar surface area (TPSA) is 68.5 Å². The van der Waals surface area contributed by atoms with E-state index in [1.54, 1.807) is 0 Å². The van der Waals surface area contributed by atoms with Crippen LogP contribution in [-0.2, 0) is 14.3 Å². The van der Waals surface area contributed by atoms with Crippen LogP contribution in [0.15, 0.2) is 91.0 Å². The fraction of sp³-hybridized carbons (Fsp3) is 0.100. The van der Waals surface area contributed by atoms with Crippen LogP contribution in [0.2, 0.25) is 0 Å². The maximum Gasteiger partial charge on any atom is 0.485 e. The van der Waals surface area contributed by atoms with Gasteiger partial charge in [-0.2, -0.15) is 13.2 Å². The van der Waals surface area contributed by atoms with Crippen molar-refractivity contribution in [3.63, 3.8) is 0 Å². The molecular weight excluding hydrogens is 424 g/mol. The zero-order chi connectivity index (χ0) is 21.5. The van der Waals surface area contributed by atoms with Crippen molar-refractivity contribution in [2.45, 2.75) is 5.51 Å². The Morgan fingerprint density at radius 2 is 0.966 bits per heavy atom. The van der Waals surface area contributed by atoms with Crippen LogP contribution in [0.25, 0.3) is 0 Å². The first kappa shape index (κ1) is 22.9. The largest absolute Gasteiger partial charge is 0.741 e. The molecule has 3 aromatic rings. The van der Waals surface area contributed by atoms with Gasteiger partial charge in [0.2, 0.25) is 7.11 Å². The van der Waals surface area contributed by atoms with E-state index < -0.39 is 22.8 Å². The predicted molar refractivity (Wildman–Crippen MR) is 108 cm³/mol. The molecule has 0 spiro atoms. The van der Waals surface area contributed by atoms with Gasteiger partial charge in [0.1, 0.15) is 0 Å². The molecule has 154 valence electrons. The Bertz CT molecular complexity index is 966. The number of alkyl halides is 3. The van der Waals surface area contributed by atoms with Crippen molar-refractivity contribution in [2.24, 2.45) is 0 Å². The molecule has 0 saturated heterocycles. The lowest BCUT2D eigenvalue weighted by Gasteiger charge is -2.15. The summed E-state index contributed by atoms with van der Waals surface area (Å²) in [7, 11) is -6.30. The Kier molecular flexibility index (Phi) is 7.41. The van der Waals surface area contributed by atoms with Crippen LogP contribution in [0.5, 0.6) is 0 Å². The molecule has 9 heteroatoms. The molecule has 0 N–H and O–H groups in total. The standard InChI is InChI=1S/C19H18OP.CHF3O3S/c1-20-21(17-11-5-2-6-12-17,18-13-7-3-8-14-18)19-15-9-4-10-16-19;2-1(3,4)8(5,6)7/h2-16H,1H3;(H,5,6,7)/q+1;/p-1. The fourth-order valence-electron chi connectivity index (χ4n) is 2.68. The average molecular weight is 442 g/mol.